The molecule has 0 atom stereocenters. The Labute approximate surface area is 119 Å². The summed E-state index contributed by atoms with van der Waals surface area (Å²) in [5.41, 5.74) is 2.36. The third-order valence-corrected chi connectivity index (χ3v) is 3.85. The molecule has 2 amide bonds. The van der Waals surface area contributed by atoms with Gasteiger partial charge in [-0.3, -0.25) is 4.98 Å². The Hall–Kier alpha value is -1.62. The first-order chi connectivity index (χ1) is 9.65. The van der Waals surface area contributed by atoms with Gasteiger partial charge < -0.3 is 15.7 Å². The van der Waals surface area contributed by atoms with Gasteiger partial charge in [0.25, 0.3) is 0 Å². The molecule has 0 radical (unpaired) electrons. The maximum Gasteiger partial charge on any atom is 0.315 e. The first-order valence-corrected chi connectivity index (χ1v) is 7.27. The van der Waals surface area contributed by atoms with Crippen LogP contribution in [0.2, 0.25) is 0 Å². The maximum atomic E-state index is 11.8. The van der Waals surface area contributed by atoms with Gasteiger partial charge in [0.15, 0.2) is 0 Å². The predicted octanol–water partition coefficient (Wildman–Crippen LogP) is 1.54. The van der Waals surface area contributed by atoms with Crippen LogP contribution in [0.25, 0.3) is 0 Å². The van der Waals surface area contributed by atoms with Gasteiger partial charge in [-0.1, -0.05) is 0 Å². The molecule has 5 nitrogen and oxygen atoms in total. The molecule has 5 heteroatoms. The third-order valence-electron chi connectivity index (χ3n) is 3.85. The predicted molar refractivity (Wildman–Crippen MR) is 77.5 cm³/mol. The van der Waals surface area contributed by atoms with Crippen LogP contribution in [0.15, 0.2) is 18.5 Å². The van der Waals surface area contributed by atoms with Crippen LogP contribution in [-0.2, 0) is 6.42 Å². The highest BCUT2D eigenvalue weighted by Crippen LogP contribution is 2.18. The molecule has 110 valence electrons. The summed E-state index contributed by atoms with van der Waals surface area (Å²) in [5.74, 6) is 0. The molecule has 2 rings (SSSR count). The lowest BCUT2D eigenvalue weighted by molar-refractivity contribution is 0.117. The zero-order valence-corrected chi connectivity index (χ0v) is 11.9. The van der Waals surface area contributed by atoms with Crippen molar-refractivity contribution in [3.8, 4) is 0 Å². The fraction of sp³-hybridized carbons (Fsp3) is 0.600. The fourth-order valence-corrected chi connectivity index (χ4v) is 2.55. The van der Waals surface area contributed by atoms with E-state index >= 15 is 0 Å². The van der Waals surface area contributed by atoms with E-state index in [4.69, 9.17) is 0 Å². The number of aromatic nitrogens is 1. The van der Waals surface area contributed by atoms with Crippen molar-refractivity contribution in [3.05, 3.63) is 29.6 Å². The highest BCUT2D eigenvalue weighted by Gasteiger charge is 2.20. The first-order valence-electron chi connectivity index (χ1n) is 7.27. The molecule has 0 aromatic carbocycles. The summed E-state index contributed by atoms with van der Waals surface area (Å²) in [5, 5.41) is 15.3. The number of aliphatic hydroxyl groups is 1. The van der Waals surface area contributed by atoms with Gasteiger partial charge >= 0.3 is 6.03 Å². The number of urea groups is 1. The van der Waals surface area contributed by atoms with Crippen LogP contribution in [0, 0.1) is 6.92 Å². The third kappa shape index (κ3) is 4.49. The van der Waals surface area contributed by atoms with Crippen LogP contribution in [0.5, 0.6) is 0 Å². The number of carbonyl (C=O) groups is 1. The second kappa shape index (κ2) is 7.24. The molecule has 1 saturated carbocycles. The van der Waals surface area contributed by atoms with Crippen LogP contribution in [0.1, 0.15) is 36.8 Å². The van der Waals surface area contributed by atoms with E-state index in [-0.39, 0.29) is 18.2 Å². The zero-order chi connectivity index (χ0) is 14.4. The molecule has 3 N–H and O–H groups in total. The Kier molecular flexibility index (Phi) is 5.35. The average molecular weight is 277 g/mol. The van der Waals surface area contributed by atoms with Gasteiger partial charge in [0.05, 0.1) is 6.10 Å². The molecule has 0 saturated heterocycles. The molecule has 1 aliphatic carbocycles. The number of aryl methyl sites for hydroxylation is 1. The van der Waals surface area contributed by atoms with Crippen molar-refractivity contribution in [2.75, 3.05) is 6.54 Å². The topological polar surface area (TPSA) is 74.2 Å². The molecule has 0 unspecified atom stereocenters. The molecular formula is C15H23N3O2. The van der Waals surface area contributed by atoms with E-state index in [0.717, 1.165) is 37.7 Å². The Morgan fingerprint density at radius 1 is 1.40 bits per heavy atom. The number of amides is 2. The minimum atomic E-state index is -0.189. The first kappa shape index (κ1) is 14.8. The number of hydrogen-bond acceptors (Lipinski definition) is 3. The smallest absolute Gasteiger partial charge is 0.315 e. The summed E-state index contributed by atoms with van der Waals surface area (Å²) in [6.45, 7) is 2.64. The number of rotatable bonds is 4. The van der Waals surface area contributed by atoms with Gasteiger partial charge in [-0.25, -0.2) is 4.79 Å². The van der Waals surface area contributed by atoms with E-state index < -0.39 is 0 Å². The van der Waals surface area contributed by atoms with Crippen molar-refractivity contribution in [2.24, 2.45) is 0 Å². The number of aliphatic hydroxyl groups excluding tert-OH is 1. The van der Waals surface area contributed by atoms with Crippen molar-refractivity contribution in [1.29, 1.82) is 0 Å². The highest BCUT2D eigenvalue weighted by atomic mass is 16.3. The molecule has 1 aromatic heterocycles. The summed E-state index contributed by atoms with van der Waals surface area (Å²) >= 11 is 0. The lowest BCUT2D eigenvalue weighted by Crippen LogP contribution is -2.44. The number of pyridine rings is 1. The quantitative estimate of drug-likeness (QED) is 0.781. The molecule has 1 heterocycles. The average Bonchev–Trinajstić information content (AvgIpc) is 2.43. The summed E-state index contributed by atoms with van der Waals surface area (Å²) in [4.78, 5) is 15.8. The van der Waals surface area contributed by atoms with Crippen LogP contribution in [0.4, 0.5) is 4.79 Å². The Morgan fingerprint density at radius 2 is 2.15 bits per heavy atom. The van der Waals surface area contributed by atoms with Gasteiger partial charge in [0.2, 0.25) is 0 Å². The summed E-state index contributed by atoms with van der Waals surface area (Å²) in [6, 6.07) is 2.07. The molecule has 1 aliphatic rings. The van der Waals surface area contributed by atoms with Gasteiger partial charge in [0, 0.05) is 25.0 Å². The van der Waals surface area contributed by atoms with Crippen molar-refractivity contribution in [1.82, 2.24) is 15.6 Å². The lowest BCUT2D eigenvalue weighted by atomic mass is 9.93. The van der Waals surface area contributed by atoms with Gasteiger partial charge in [-0.15, -0.1) is 0 Å². The van der Waals surface area contributed by atoms with Gasteiger partial charge in [-0.05, 0) is 56.2 Å². The van der Waals surface area contributed by atoms with Crippen LogP contribution < -0.4 is 10.6 Å². The molecule has 20 heavy (non-hydrogen) atoms. The van der Waals surface area contributed by atoms with Crippen LogP contribution in [0.3, 0.4) is 0 Å². The van der Waals surface area contributed by atoms with E-state index in [0.29, 0.717) is 6.54 Å². The Bertz CT molecular complexity index is 442. The van der Waals surface area contributed by atoms with E-state index in [1.165, 1.54) is 5.56 Å². The van der Waals surface area contributed by atoms with Gasteiger partial charge in [-0.2, -0.15) is 0 Å². The molecule has 0 aliphatic heterocycles. The van der Waals surface area contributed by atoms with E-state index in [9.17, 15) is 9.90 Å². The van der Waals surface area contributed by atoms with Crippen molar-refractivity contribution >= 4 is 6.03 Å². The van der Waals surface area contributed by atoms with Crippen molar-refractivity contribution in [2.45, 2.75) is 51.2 Å². The van der Waals surface area contributed by atoms with E-state index in [1.54, 1.807) is 6.20 Å². The van der Waals surface area contributed by atoms with Crippen LogP contribution in [-0.4, -0.2) is 34.8 Å². The molecule has 0 bridgehead atoms. The molecular weight excluding hydrogens is 254 g/mol. The normalized spacial score (nSPS) is 22.3. The molecule has 1 aromatic rings. The van der Waals surface area contributed by atoms with Gasteiger partial charge in [0.1, 0.15) is 0 Å². The summed E-state index contributed by atoms with van der Waals surface area (Å²) in [7, 11) is 0. The number of nitrogens with zero attached hydrogens (tertiary/aromatic N) is 1. The highest BCUT2D eigenvalue weighted by molar-refractivity contribution is 5.74. The maximum absolute atomic E-state index is 11.8. The van der Waals surface area contributed by atoms with E-state index in [1.807, 2.05) is 19.2 Å². The standard InChI is InChI=1S/C15H23N3O2/c1-11-10-16-8-6-12(11)7-9-17-15(20)18-13-2-4-14(19)5-3-13/h6,8,10,13-14,19H,2-5,7,9H2,1H3,(H2,17,18,20). The number of carbonyl (C=O) groups excluding carboxylic acids is 1. The van der Waals surface area contributed by atoms with E-state index in [2.05, 4.69) is 15.6 Å². The Morgan fingerprint density at radius 3 is 2.85 bits per heavy atom. The number of nitrogens with one attached hydrogen (secondary N) is 2. The second-order valence-corrected chi connectivity index (χ2v) is 5.46. The molecule has 1 fully saturated rings. The second-order valence-electron chi connectivity index (χ2n) is 5.46. The minimum Gasteiger partial charge on any atom is -0.393 e. The summed E-state index contributed by atoms with van der Waals surface area (Å²) < 4.78 is 0. The van der Waals surface area contributed by atoms with Crippen molar-refractivity contribution in [3.63, 3.8) is 0 Å². The zero-order valence-electron chi connectivity index (χ0n) is 11.9. The monoisotopic (exact) mass is 277 g/mol. The summed E-state index contributed by atoms with van der Waals surface area (Å²) in [6.07, 6.45) is 7.51. The largest absolute Gasteiger partial charge is 0.393 e. The minimum absolute atomic E-state index is 0.113. The van der Waals surface area contributed by atoms with Crippen molar-refractivity contribution < 1.29 is 9.90 Å². The lowest BCUT2D eigenvalue weighted by Gasteiger charge is -2.26. The fourth-order valence-electron chi connectivity index (χ4n) is 2.55. The SMILES string of the molecule is Cc1cnccc1CCNC(=O)NC1CCC(O)CC1. The number of hydrogen-bond donors (Lipinski definition) is 3. The Balaban J connectivity index is 1.67. The van der Waals surface area contributed by atoms with Crippen LogP contribution >= 0.6 is 0 Å². The molecule has 0 spiro atoms.